The lowest BCUT2D eigenvalue weighted by Crippen LogP contribution is -2.51. The van der Waals surface area contributed by atoms with Crippen molar-refractivity contribution in [1.82, 2.24) is 14.6 Å². The second kappa shape index (κ2) is 10.5. The van der Waals surface area contributed by atoms with Gasteiger partial charge in [0, 0.05) is 20.3 Å². The first kappa shape index (κ1) is 26.3. The minimum Gasteiger partial charge on any atom is -0.383 e. The molecule has 0 radical (unpaired) electrons. The largest absolute Gasteiger partial charge is 0.383 e. The van der Waals surface area contributed by atoms with Gasteiger partial charge in [-0.1, -0.05) is 6.42 Å². The Morgan fingerprint density at radius 1 is 1.24 bits per heavy atom. The maximum absolute atomic E-state index is 13.3. The molecule has 2 heterocycles. The maximum Gasteiger partial charge on any atom is 0.332 e. The summed E-state index contributed by atoms with van der Waals surface area (Å²) >= 11 is 1.33. The molecule has 0 aromatic carbocycles. The molecule has 2 aromatic rings. The molecule has 1 spiro atoms. The highest BCUT2D eigenvalue weighted by atomic mass is 32.1. The van der Waals surface area contributed by atoms with Crippen molar-refractivity contribution in [1.29, 1.82) is 0 Å². The van der Waals surface area contributed by atoms with E-state index in [2.05, 4.69) is 10.5 Å². The SMILES string of the molecule is COC(C)(C)C.COCCn1c(=O)n(C2CC3(CCC3)C2)c(=O)c2c(C)c(/C=N/NC=O)sc21. The molecule has 0 saturated heterocycles. The minimum absolute atomic E-state index is 0.0216. The van der Waals surface area contributed by atoms with Gasteiger partial charge in [0.05, 0.1) is 35.2 Å². The molecule has 188 valence electrons. The molecule has 9 nitrogen and oxygen atoms in total. The molecule has 0 atom stereocenters. The number of thiophene rings is 1. The van der Waals surface area contributed by atoms with Crippen molar-refractivity contribution in [2.75, 3.05) is 20.8 Å². The summed E-state index contributed by atoms with van der Waals surface area (Å²) in [6, 6.07) is -0.0216. The maximum atomic E-state index is 13.3. The van der Waals surface area contributed by atoms with Gasteiger partial charge in [-0.2, -0.15) is 5.10 Å². The van der Waals surface area contributed by atoms with E-state index in [4.69, 9.17) is 9.47 Å². The highest BCUT2D eigenvalue weighted by Crippen LogP contribution is 2.59. The van der Waals surface area contributed by atoms with Crippen LogP contribution in [0.15, 0.2) is 14.7 Å². The second-order valence-corrected chi connectivity index (χ2v) is 11.1. The van der Waals surface area contributed by atoms with Gasteiger partial charge in [-0.25, -0.2) is 10.2 Å². The number of fused-ring (bicyclic) bond motifs is 1. The van der Waals surface area contributed by atoms with Crippen LogP contribution in [0.2, 0.25) is 0 Å². The molecule has 4 rings (SSSR count). The number of aromatic nitrogens is 2. The summed E-state index contributed by atoms with van der Waals surface area (Å²) in [6.07, 6.45) is 7.49. The van der Waals surface area contributed by atoms with Crippen molar-refractivity contribution < 1.29 is 14.3 Å². The quantitative estimate of drug-likeness (QED) is 0.363. The number of hydrogen-bond donors (Lipinski definition) is 1. The molecule has 2 aliphatic rings. The lowest BCUT2D eigenvalue weighted by molar-refractivity contribution is -0.109. The predicted octanol–water partition coefficient (Wildman–Crippen LogP) is 3.20. The van der Waals surface area contributed by atoms with Crippen molar-refractivity contribution in [3.05, 3.63) is 31.3 Å². The van der Waals surface area contributed by atoms with Crippen molar-refractivity contribution in [2.45, 2.75) is 78.0 Å². The molecule has 0 unspecified atom stereocenters. The third-order valence-electron chi connectivity index (χ3n) is 6.84. The highest BCUT2D eigenvalue weighted by Gasteiger charge is 2.49. The zero-order chi connectivity index (χ0) is 25.1. The van der Waals surface area contributed by atoms with Crippen LogP contribution >= 0.6 is 11.3 Å². The van der Waals surface area contributed by atoms with Gasteiger partial charge >= 0.3 is 5.69 Å². The number of amides is 1. The van der Waals surface area contributed by atoms with Crippen LogP contribution in [-0.2, 0) is 20.8 Å². The van der Waals surface area contributed by atoms with Gasteiger partial charge in [0.2, 0.25) is 6.41 Å². The van der Waals surface area contributed by atoms with Crippen LogP contribution in [0.25, 0.3) is 10.2 Å². The molecular weight excluding hydrogens is 456 g/mol. The Balaban J connectivity index is 0.000000481. The van der Waals surface area contributed by atoms with Gasteiger partial charge in [0.1, 0.15) is 4.83 Å². The monoisotopic (exact) mass is 492 g/mol. The number of carbonyl (C=O) groups is 1. The van der Waals surface area contributed by atoms with Crippen LogP contribution in [0.4, 0.5) is 0 Å². The Bertz CT molecular complexity index is 1160. The van der Waals surface area contributed by atoms with Gasteiger partial charge in [0.15, 0.2) is 0 Å². The fourth-order valence-corrected chi connectivity index (χ4v) is 5.73. The van der Waals surface area contributed by atoms with E-state index in [9.17, 15) is 14.4 Å². The standard InChI is InChI=1S/C19H24N4O4S.C5H12O/c1-12-14(10-20-21-11-24)28-17-15(12)16(25)23(18(26)22(17)6-7-27-2)13-8-19(9-13)4-3-5-19;1-5(2,3)6-4/h10-11,13H,3-9H2,1-2H3,(H,21,24);1-4H3/b20-10+;. The van der Waals surface area contributed by atoms with Crippen molar-refractivity contribution in [3.8, 4) is 0 Å². The number of nitrogens with one attached hydrogen (secondary N) is 1. The smallest absolute Gasteiger partial charge is 0.332 e. The van der Waals surface area contributed by atoms with Gasteiger partial charge < -0.3 is 9.47 Å². The summed E-state index contributed by atoms with van der Waals surface area (Å²) in [5.41, 5.74) is 2.94. The molecular formula is C24H36N4O5S. The van der Waals surface area contributed by atoms with Crippen LogP contribution in [0.1, 0.15) is 69.4 Å². The number of hydrogen-bond acceptors (Lipinski definition) is 7. The zero-order valence-electron chi connectivity index (χ0n) is 21.0. The average Bonchev–Trinajstić information content (AvgIpc) is 3.04. The first-order chi connectivity index (χ1) is 16.1. The zero-order valence-corrected chi connectivity index (χ0v) is 21.8. The molecule has 34 heavy (non-hydrogen) atoms. The van der Waals surface area contributed by atoms with E-state index in [0.717, 1.165) is 23.3 Å². The van der Waals surface area contributed by atoms with E-state index in [1.54, 1.807) is 18.8 Å². The first-order valence-electron chi connectivity index (χ1n) is 11.6. The summed E-state index contributed by atoms with van der Waals surface area (Å²) in [5, 5.41) is 4.39. The van der Waals surface area contributed by atoms with E-state index in [1.807, 2.05) is 27.7 Å². The highest BCUT2D eigenvalue weighted by molar-refractivity contribution is 7.20. The minimum atomic E-state index is -0.260. The summed E-state index contributed by atoms with van der Waals surface area (Å²) in [6.45, 7) is 8.68. The molecule has 2 fully saturated rings. The topological polar surface area (TPSA) is 104 Å². The molecule has 1 amide bonds. The van der Waals surface area contributed by atoms with Gasteiger partial charge in [-0.05, 0) is 64.4 Å². The van der Waals surface area contributed by atoms with Gasteiger partial charge in [-0.15, -0.1) is 11.3 Å². The third kappa shape index (κ3) is 5.34. The van der Waals surface area contributed by atoms with Gasteiger partial charge in [-0.3, -0.25) is 18.7 Å². The second-order valence-electron chi connectivity index (χ2n) is 10.1. The van der Waals surface area contributed by atoms with Crippen LogP contribution in [0.3, 0.4) is 0 Å². The lowest BCUT2D eigenvalue weighted by Gasteiger charge is -2.54. The molecule has 2 saturated carbocycles. The molecule has 0 aliphatic heterocycles. The Morgan fingerprint density at radius 3 is 2.38 bits per heavy atom. The van der Waals surface area contributed by atoms with Crippen molar-refractivity contribution >= 4 is 34.2 Å². The normalized spacial score (nSPS) is 17.4. The van der Waals surface area contributed by atoms with Crippen molar-refractivity contribution in [3.63, 3.8) is 0 Å². The number of carbonyl (C=O) groups excluding carboxylic acids is 1. The van der Waals surface area contributed by atoms with Crippen LogP contribution in [0, 0.1) is 12.3 Å². The molecule has 2 aromatic heterocycles. The lowest BCUT2D eigenvalue weighted by atomic mass is 9.54. The predicted molar refractivity (Wildman–Crippen MR) is 135 cm³/mol. The van der Waals surface area contributed by atoms with Crippen LogP contribution < -0.4 is 16.7 Å². The Labute approximate surface area is 203 Å². The van der Waals surface area contributed by atoms with E-state index >= 15 is 0 Å². The van der Waals surface area contributed by atoms with Crippen molar-refractivity contribution in [2.24, 2.45) is 10.5 Å². The summed E-state index contributed by atoms with van der Waals surface area (Å²) in [4.78, 5) is 38.3. The number of ether oxygens (including phenoxy) is 2. The van der Waals surface area contributed by atoms with Crippen LogP contribution in [0.5, 0.6) is 0 Å². The number of rotatable bonds is 7. The Kier molecular flexibility index (Phi) is 8.15. The number of methoxy groups -OCH3 is 2. The van der Waals surface area contributed by atoms with Gasteiger partial charge in [0.25, 0.3) is 5.56 Å². The van der Waals surface area contributed by atoms with E-state index in [-0.39, 0.29) is 22.9 Å². The van der Waals surface area contributed by atoms with E-state index in [0.29, 0.717) is 35.2 Å². The number of aryl methyl sites for hydroxylation is 1. The Morgan fingerprint density at radius 2 is 1.88 bits per heavy atom. The molecule has 0 bridgehead atoms. The molecule has 1 N–H and O–H groups in total. The molecule has 2 aliphatic carbocycles. The first-order valence-corrected chi connectivity index (χ1v) is 12.4. The fourth-order valence-electron chi connectivity index (χ4n) is 4.54. The number of hydrazone groups is 1. The average molecular weight is 493 g/mol. The summed E-state index contributed by atoms with van der Waals surface area (Å²) in [7, 11) is 3.30. The van der Waals surface area contributed by atoms with E-state index in [1.165, 1.54) is 41.4 Å². The van der Waals surface area contributed by atoms with Crippen LogP contribution in [-0.4, -0.2) is 48.2 Å². The molecule has 10 heteroatoms. The summed E-state index contributed by atoms with van der Waals surface area (Å²) < 4.78 is 13.2. The number of nitrogens with zero attached hydrogens (tertiary/aromatic N) is 3. The summed E-state index contributed by atoms with van der Waals surface area (Å²) in [5.74, 6) is 0. The van der Waals surface area contributed by atoms with E-state index < -0.39 is 0 Å². The third-order valence-corrected chi connectivity index (χ3v) is 8.09. The Hall–Kier alpha value is -2.30. The fraction of sp³-hybridized carbons (Fsp3) is 0.667.